The average molecular weight is 362 g/mol. The van der Waals surface area contributed by atoms with Crippen LogP contribution in [0.4, 0.5) is 10.5 Å². The number of pyridine rings is 1. The minimum Gasteiger partial charge on any atom is -0.444 e. The molecule has 0 atom stereocenters. The van der Waals surface area contributed by atoms with Crippen LogP contribution in [0.2, 0.25) is 5.02 Å². The number of carbonyl (C=O) groups excluding carboxylic acids is 1. The van der Waals surface area contributed by atoms with Gasteiger partial charge in [-0.25, -0.2) is 4.79 Å². The van der Waals surface area contributed by atoms with Crippen molar-refractivity contribution in [1.82, 2.24) is 9.88 Å². The minimum atomic E-state index is -0.456. The second-order valence-electron chi connectivity index (χ2n) is 7.42. The number of fused-ring (bicyclic) bond motifs is 1. The molecule has 3 rings (SSSR count). The van der Waals surface area contributed by atoms with E-state index in [1.165, 1.54) is 0 Å². The summed E-state index contributed by atoms with van der Waals surface area (Å²) in [5, 5.41) is 5.19. The molecular formula is C19H24ClN3O2. The van der Waals surface area contributed by atoms with Crippen molar-refractivity contribution in [3.63, 3.8) is 0 Å². The summed E-state index contributed by atoms with van der Waals surface area (Å²) in [7, 11) is 0. The molecule has 1 saturated heterocycles. The number of anilines is 1. The van der Waals surface area contributed by atoms with E-state index in [1.807, 2.05) is 39.0 Å². The fraction of sp³-hybridized carbons (Fsp3) is 0.474. The van der Waals surface area contributed by atoms with Gasteiger partial charge < -0.3 is 15.0 Å². The fourth-order valence-electron chi connectivity index (χ4n) is 3.00. The van der Waals surface area contributed by atoms with Crippen molar-refractivity contribution in [2.24, 2.45) is 0 Å². The highest BCUT2D eigenvalue weighted by Gasteiger charge is 2.26. The molecule has 1 aromatic heterocycles. The van der Waals surface area contributed by atoms with Crippen LogP contribution < -0.4 is 5.32 Å². The number of benzene rings is 1. The van der Waals surface area contributed by atoms with E-state index in [4.69, 9.17) is 16.3 Å². The summed E-state index contributed by atoms with van der Waals surface area (Å²) in [4.78, 5) is 18.2. The molecule has 0 aliphatic carbocycles. The summed E-state index contributed by atoms with van der Waals surface area (Å²) in [6, 6.07) is 8.20. The summed E-state index contributed by atoms with van der Waals surface area (Å²) < 4.78 is 5.44. The highest BCUT2D eigenvalue weighted by molar-refractivity contribution is 6.35. The quantitative estimate of drug-likeness (QED) is 0.842. The van der Waals surface area contributed by atoms with E-state index < -0.39 is 5.60 Å². The standard InChI is InChI=1S/C19H24ClN3O2/c1-19(2,3)25-18(24)23-9-6-14(7-10-23)22-15-11-13-5-4-8-21-17(13)16(20)12-15/h4-5,8,11-12,14,22H,6-7,9-10H2,1-3H3. The highest BCUT2D eigenvalue weighted by Crippen LogP contribution is 2.27. The van der Waals surface area contributed by atoms with Crippen molar-refractivity contribution >= 4 is 34.3 Å². The lowest BCUT2D eigenvalue weighted by molar-refractivity contribution is 0.0210. The first kappa shape index (κ1) is 17.8. The Kier molecular flexibility index (Phi) is 5.04. The highest BCUT2D eigenvalue weighted by atomic mass is 35.5. The van der Waals surface area contributed by atoms with Crippen molar-refractivity contribution in [3.8, 4) is 0 Å². The first-order valence-electron chi connectivity index (χ1n) is 8.60. The van der Waals surface area contributed by atoms with Crippen molar-refractivity contribution in [2.75, 3.05) is 18.4 Å². The normalized spacial score (nSPS) is 16.1. The molecule has 0 bridgehead atoms. The number of nitrogens with one attached hydrogen (secondary N) is 1. The zero-order valence-electron chi connectivity index (χ0n) is 14.9. The monoisotopic (exact) mass is 361 g/mol. The number of hydrogen-bond donors (Lipinski definition) is 1. The van der Waals surface area contributed by atoms with Gasteiger partial charge in [0.1, 0.15) is 5.60 Å². The van der Waals surface area contributed by atoms with Gasteiger partial charge in [-0.15, -0.1) is 0 Å². The number of amides is 1. The number of piperidine rings is 1. The molecule has 1 aliphatic rings. The Labute approximate surface area is 153 Å². The predicted molar refractivity (Wildman–Crippen MR) is 101 cm³/mol. The third-order valence-corrected chi connectivity index (χ3v) is 4.46. The molecule has 2 heterocycles. The number of aromatic nitrogens is 1. The molecule has 0 radical (unpaired) electrons. The van der Waals surface area contributed by atoms with Crippen LogP contribution in [0.15, 0.2) is 30.5 Å². The molecule has 2 aromatic rings. The van der Waals surface area contributed by atoms with E-state index in [9.17, 15) is 4.79 Å². The number of carbonyl (C=O) groups is 1. The van der Waals surface area contributed by atoms with E-state index in [0.717, 1.165) is 29.4 Å². The summed E-state index contributed by atoms with van der Waals surface area (Å²) in [5.74, 6) is 0. The van der Waals surface area contributed by atoms with E-state index in [0.29, 0.717) is 24.2 Å². The molecule has 1 fully saturated rings. The topological polar surface area (TPSA) is 54.5 Å². The maximum absolute atomic E-state index is 12.1. The smallest absolute Gasteiger partial charge is 0.410 e. The Morgan fingerprint density at radius 2 is 2.04 bits per heavy atom. The van der Waals surface area contributed by atoms with Crippen LogP contribution in [0.25, 0.3) is 10.9 Å². The van der Waals surface area contributed by atoms with Crippen LogP contribution in [0, 0.1) is 0 Å². The second kappa shape index (κ2) is 7.08. The van der Waals surface area contributed by atoms with Gasteiger partial charge in [0.15, 0.2) is 0 Å². The van der Waals surface area contributed by atoms with E-state index >= 15 is 0 Å². The van der Waals surface area contributed by atoms with Crippen LogP contribution in [0.3, 0.4) is 0 Å². The van der Waals surface area contributed by atoms with Crippen molar-refractivity contribution in [3.05, 3.63) is 35.5 Å². The van der Waals surface area contributed by atoms with E-state index in [-0.39, 0.29) is 6.09 Å². The largest absolute Gasteiger partial charge is 0.444 e. The van der Waals surface area contributed by atoms with Gasteiger partial charge in [-0.3, -0.25) is 4.98 Å². The van der Waals surface area contributed by atoms with Crippen molar-refractivity contribution < 1.29 is 9.53 Å². The number of likely N-dealkylation sites (tertiary alicyclic amines) is 1. The predicted octanol–water partition coefficient (Wildman–Crippen LogP) is 4.70. The zero-order valence-corrected chi connectivity index (χ0v) is 15.6. The molecule has 1 aromatic carbocycles. The maximum Gasteiger partial charge on any atom is 0.410 e. The maximum atomic E-state index is 12.1. The molecule has 5 nitrogen and oxygen atoms in total. The van der Waals surface area contributed by atoms with Crippen LogP contribution >= 0.6 is 11.6 Å². The lowest BCUT2D eigenvalue weighted by atomic mass is 10.0. The molecule has 0 spiro atoms. The SMILES string of the molecule is CC(C)(C)OC(=O)N1CCC(Nc2cc(Cl)c3ncccc3c2)CC1. The van der Waals surface area contributed by atoms with Gasteiger partial charge in [-0.1, -0.05) is 17.7 Å². The average Bonchev–Trinajstić information content (AvgIpc) is 2.54. The van der Waals surface area contributed by atoms with Gasteiger partial charge in [0.2, 0.25) is 0 Å². The number of ether oxygens (including phenoxy) is 1. The van der Waals surface area contributed by atoms with Gasteiger partial charge in [0.05, 0.1) is 10.5 Å². The first-order chi connectivity index (χ1) is 11.8. The minimum absolute atomic E-state index is 0.231. The Hall–Kier alpha value is -2.01. The summed E-state index contributed by atoms with van der Waals surface area (Å²) in [6.45, 7) is 7.04. The Morgan fingerprint density at radius 3 is 2.72 bits per heavy atom. The van der Waals surface area contributed by atoms with Gasteiger partial charge in [-0.05, 0) is 51.8 Å². The molecule has 25 heavy (non-hydrogen) atoms. The van der Waals surface area contributed by atoms with Gasteiger partial charge in [-0.2, -0.15) is 0 Å². The van der Waals surface area contributed by atoms with Crippen LogP contribution in [0.1, 0.15) is 33.6 Å². The van der Waals surface area contributed by atoms with Gasteiger partial charge in [0, 0.05) is 36.4 Å². The summed E-state index contributed by atoms with van der Waals surface area (Å²) in [5.41, 5.74) is 1.35. The van der Waals surface area contributed by atoms with Crippen molar-refractivity contribution in [1.29, 1.82) is 0 Å². The molecule has 134 valence electrons. The van der Waals surface area contributed by atoms with Crippen LogP contribution in [0.5, 0.6) is 0 Å². The molecule has 0 saturated carbocycles. The third kappa shape index (κ3) is 4.54. The summed E-state index contributed by atoms with van der Waals surface area (Å²) >= 11 is 6.33. The Morgan fingerprint density at radius 1 is 1.32 bits per heavy atom. The van der Waals surface area contributed by atoms with E-state index in [2.05, 4.69) is 16.4 Å². The van der Waals surface area contributed by atoms with Crippen LogP contribution in [-0.4, -0.2) is 40.7 Å². The molecule has 1 amide bonds. The first-order valence-corrected chi connectivity index (χ1v) is 8.98. The molecular weight excluding hydrogens is 338 g/mol. The van der Waals surface area contributed by atoms with Gasteiger partial charge >= 0.3 is 6.09 Å². The lowest BCUT2D eigenvalue weighted by Gasteiger charge is -2.34. The van der Waals surface area contributed by atoms with Gasteiger partial charge in [0.25, 0.3) is 0 Å². The molecule has 1 N–H and O–H groups in total. The number of halogens is 1. The molecule has 1 aliphatic heterocycles. The summed E-state index contributed by atoms with van der Waals surface area (Å²) in [6.07, 6.45) is 3.27. The van der Waals surface area contributed by atoms with Crippen molar-refractivity contribution in [2.45, 2.75) is 45.3 Å². The number of nitrogens with zero attached hydrogens (tertiary/aromatic N) is 2. The van der Waals surface area contributed by atoms with E-state index in [1.54, 1.807) is 11.1 Å². The second-order valence-corrected chi connectivity index (χ2v) is 7.83. The number of rotatable bonds is 2. The molecule has 0 unspecified atom stereocenters. The lowest BCUT2D eigenvalue weighted by Crippen LogP contribution is -2.44. The van der Waals surface area contributed by atoms with Crippen LogP contribution in [-0.2, 0) is 4.74 Å². The Balaban J connectivity index is 1.60. The Bertz CT molecular complexity index is 765. The molecule has 6 heteroatoms. The third-order valence-electron chi connectivity index (χ3n) is 4.18. The zero-order chi connectivity index (χ0) is 18.0. The number of hydrogen-bond acceptors (Lipinski definition) is 4. The fourth-order valence-corrected chi connectivity index (χ4v) is 3.28.